The number of ketones is 1. The maximum atomic E-state index is 11.9. The fraction of sp³-hybridized carbons (Fsp3) is 0.100. The molecule has 0 fully saturated rings. The van der Waals surface area contributed by atoms with Crippen LogP contribution in [-0.4, -0.2) is 25.5 Å². The van der Waals surface area contributed by atoms with Crippen molar-refractivity contribution in [2.24, 2.45) is 0 Å². The summed E-state index contributed by atoms with van der Waals surface area (Å²) in [6.45, 7) is -0.106. The van der Waals surface area contributed by atoms with E-state index < -0.39 is 10.9 Å². The number of Topliss-reactive ketones (excluding diaryl/α,β-unsaturated/α-hetero) is 1. The first kappa shape index (κ1) is 12.4. The number of hydrogen-bond acceptors (Lipinski definition) is 5. The fourth-order valence-electron chi connectivity index (χ4n) is 1.34. The predicted octanol–water partition coefficient (Wildman–Crippen LogP) is 1.83. The van der Waals surface area contributed by atoms with E-state index in [0.717, 1.165) is 4.68 Å². The van der Waals surface area contributed by atoms with E-state index in [4.69, 9.17) is 0 Å². The van der Waals surface area contributed by atoms with Crippen LogP contribution in [0.25, 0.3) is 0 Å². The van der Waals surface area contributed by atoms with Gasteiger partial charge in [0.2, 0.25) is 0 Å². The molecular weight excluding hydrogens is 304 g/mol. The van der Waals surface area contributed by atoms with Crippen LogP contribution in [0.1, 0.15) is 10.4 Å². The van der Waals surface area contributed by atoms with Gasteiger partial charge in [0, 0.05) is 26.6 Å². The molecule has 2 aromatic rings. The van der Waals surface area contributed by atoms with Gasteiger partial charge >= 0.3 is 5.95 Å². The van der Waals surface area contributed by atoms with Gasteiger partial charge in [-0.05, 0) is 9.91 Å². The van der Waals surface area contributed by atoms with Crippen LogP contribution in [0.3, 0.4) is 0 Å². The standard InChI is InChI=1S/C10H7BrN4O3/c11-9-12-10(15(17)18)13-14(9)6-8(16)7-4-2-1-3-5-7/h1-5H,6H2. The number of nitrogens with zero attached hydrogens (tertiary/aromatic N) is 4. The zero-order valence-electron chi connectivity index (χ0n) is 8.99. The summed E-state index contributed by atoms with van der Waals surface area (Å²) in [7, 11) is 0. The van der Waals surface area contributed by atoms with Crippen LogP contribution in [0, 0.1) is 10.1 Å². The maximum Gasteiger partial charge on any atom is 0.492 e. The van der Waals surface area contributed by atoms with Crippen molar-refractivity contribution < 1.29 is 9.72 Å². The van der Waals surface area contributed by atoms with E-state index in [9.17, 15) is 14.9 Å². The average Bonchev–Trinajstić information content (AvgIpc) is 2.72. The Bertz CT molecular complexity index is 596. The summed E-state index contributed by atoms with van der Waals surface area (Å²) in [5.41, 5.74) is 0.516. The molecule has 1 heterocycles. The van der Waals surface area contributed by atoms with Gasteiger partial charge < -0.3 is 10.1 Å². The first-order chi connectivity index (χ1) is 8.58. The van der Waals surface area contributed by atoms with Gasteiger partial charge in [0.1, 0.15) is 6.54 Å². The normalized spacial score (nSPS) is 10.3. The van der Waals surface area contributed by atoms with Crippen LogP contribution < -0.4 is 0 Å². The topological polar surface area (TPSA) is 90.9 Å². The van der Waals surface area contributed by atoms with Crippen molar-refractivity contribution in [2.75, 3.05) is 0 Å². The summed E-state index contributed by atoms with van der Waals surface area (Å²) in [5.74, 6) is -0.737. The highest BCUT2D eigenvalue weighted by molar-refractivity contribution is 9.10. The molecule has 92 valence electrons. The van der Waals surface area contributed by atoms with Crippen LogP contribution in [0.2, 0.25) is 0 Å². The van der Waals surface area contributed by atoms with Gasteiger partial charge in [-0.3, -0.25) is 4.79 Å². The third kappa shape index (κ3) is 2.59. The second-order valence-electron chi connectivity index (χ2n) is 3.38. The van der Waals surface area contributed by atoms with Crippen LogP contribution in [0.15, 0.2) is 35.1 Å². The second-order valence-corrected chi connectivity index (χ2v) is 4.09. The zero-order chi connectivity index (χ0) is 13.1. The van der Waals surface area contributed by atoms with Gasteiger partial charge in [-0.15, -0.1) is 0 Å². The summed E-state index contributed by atoms with van der Waals surface area (Å²) in [6.07, 6.45) is 0. The lowest BCUT2D eigenvalue weighted by Gasteiger charge is -1.98. The Labute approximate surface area is 110 Å². The second kappa shape index (κ2) is 5.05. The Morgan fingerprint density at radius 2 is 2.06 bits per heavy atom. The van der Waals surface area contributed by atoms with Gasteiger partial charge in [0.05, 0.1) is 0 Å². The van der Waals surface area contributed by atoms with E-state index in [2.05, 4.69) is 26.0 Å². The number of benzene rings is 1. The third-order valence-electron chi connectivity index (χ3n) is 2.17. The number of rotatable bonds is 4. The molecule has 1 aromatic heterocycles. The Hall–Kier alpha value is -2.09. The highest BCUT2D eigenvalue weighted by Gasteiger charge is 2.21. The van der Waals surface area contributed by atoms with Crippen molar-refractivity contribution in [2.45, 2.75) is 6.54 Å². The van der Waals surface area contributed by atoms with Crippen LogP contribution >= 0.6 is 15.9 Å². The molecule has 0 bridgehead atoms. The van der Waals surface area contributed by atoms with Crippen molar-refractivity contribution in [3.05, 3.63) is 50.7 Å². The van der Waals surface area contributed by atoms with Gasteiger partial charge in [0.25, 0.3) is 4.73 Å². The molecule has 0 spiro atoms. The fourth-order valence-corrected chi connectivity index (χ4v) is 1.70. The van der Waals surface area contributed by atoms with E-state index in [1.807, 2.05) is 0 Å². The van der Waals surface area contributed by atoms with E-state index in [-0.39, 0.29) is 17.1 Å². The molecule has 0 saturated carbocycles. The van der Waals surface area contributed by atoms with E-state index >= 15 is 0 Å². The molecule has 0 atom stereocenters. The Morgan fingerprint density at radius 3 is 2.61 bits per heavy atom. The molecule has 2 rings (SSSR count). The lowest BCUT2D eigenvalue weighted by Crippen LogP contribution is -2.12. The van der Waals surface area contributed by atoms with Crippen molar-refractivity contribution in [1.82, 2.24) is 14.8 Å². The predicted molar refractivity (Wildman–Crippen MR) is 65.1 cm³/mol. The van der Waals surface area contributed by atoms with Crippen molar-refractivity contribution in [1.29, 1.82) is 0 Å². The Morgan fingerprint density at radius 1 is 1.39 bits per heavy atom. The minimum Gasteiger partial charge on any atom is -0.390 e. The van der Waals surface area contributed by atoms with Gasteiger partial charge in [0.15, 0.2) is 5.78 Å². The van der Waals surface area contributed by atoms with Crippen molar-refractivity contribution in [3.8, 4) is 0 Å². The number of carbonyl (C=O) groups is 1. The van der Waals surface area contributed by atoms with Crippen LogP contribution in [0.4, 0.5) is 5.95 Å². The lowest BCUT2D eigenvalue weighted by atomic mass is 10.1. The Kier molecular flexibility index (Phi) is 3.47. The van der Waals surface area contributed by atoms with Gasteiger partial charge in [-0.2, -0.15) is 4.68 Å². The highest BCUT2D eigenvalue weighted by Crippen LogP contribution is 2.13. The zero-order valence-corrected chi connectivity index (χ0v) is 10.6. The summed E-state index contributed by atoms with van der Waals surface area (Å²) in [6, 6.07) is 8.62. The molecule has 7 nitrogen and oxygen atoms in total. The van der Waals surface area contributed by atoms with Crippen LogP contribution in [-0.2, 0) is 6.54 Å². The molecule has 0 radical (unpaired) electrons. The van der Waals surface area contributed by atoms with E-state index in [1.54, 1.807) is 30.3 Å². The average molecular weight is 311 g/mol. The summed E-state index contributed by atoms with van der Waals surface area (Å²) in [4.78, 5) is 25.2. The number of hydrogen-bond donors (Lipinski definition) is 0. The number of carbonyl (C=O) groups excluding carboxylic acids is 1. The molecule has 0 N–H and O–H groups in total. The molecule has 8 heteroatoms. The number of nitro groups is 1. The first-order valence-corrected chi connectivity index (χ1v) is 5.70. The largest absolute Gasteiger partial charge is 0.492 e. The van der Waals surface area contributed by atoms with E-state index in [1.165, 1.54) is 0 Å². The Balaban J connectivity index is 2.20. The monoisotopic (exact) mass is 310 g/mol. The number of aromatic nitrogens is 3. The molecular formula is C10H7BrN4O3. The molecule has 0 aliphatic carbocycles. The first-order valence-electron chi connectivity index (χ1n) is 4.91. The summed E-state index contributed by atoms with van der Waals surface area (Å²) >= 11 is 3.02. The highest BCUT2D eigenvalue weighted by atomic mass is 79.9. The molecule has 0 amide bonds. The molecule has 0 unspecified atom stereocenters. The summed E-state index contributed by atoms with van der Waals surface area (Å²) in [5, 5.41) is 14.1. The van der Waals surface area contributed by atoms with Crippen molar-refractivity contribution >= 4 is 27.7 Å². The minimum atomic E-state index is -0.714. The van der Waals surface area contributed by atoms with E-state index in [0.29, 0.717) is 5.56 Å². The molecule has 0 aliphatic rings. The number of halogens is 1. The molecule has 18 heavy (non-hydrogen) atoms. The lowest BCUT2D eigenvalue weighted by molar-refractivity contribution is -0.394. The quantitative estimate of drug-likeness (QED) is 0.488. The molecule has 0 aliphatic heterocycles. The van der Waals surface area contributed by atoms with Gasteiger partial charge in [-0.1, -0.05) is 30.3 Å². The SMILES string of the molecule is O=C(Cn1nc([N+](=O)[O-])nc1Br)c1ccccc1. The van der Waals surface area contributed by atoms with Crippen LogP contribution in [0.5, 0.6) is 0 Å². The molecule has 0 saturated heterocycles. The van der Waals surface area contributed by atoms with Crippen molar-refractivity contribution in [3.63, 3.8) is 0 Å². The van der Waals surface area contributed by atoms with Gasteiger partial charge in [-0.25, -0.2) is 0 Å². The maximum absolute atomic E-state index is 11.9. The smallest absolute Gasteiger partial charge is 0.390 e. The summed E-state index contributed by atoms with van der Waals surface area (Å²) < 4.78 is 1.30. The molecule has 1 aromatic carbocycles. The third-order valence-corrected chi connectivity index (χ3v) is 2.75. The minimum absolute atomic E-state index is 0.106.